The van der Waals surface area contributed by atoms with Crippen LogP contribution in [0.4, 0.5) is 0 Å². The first kappa shape index (κ1) is 9.79. The zero-order chi connectivity index (χ0) is 10.8. The molecule has 1 fully saturated rings. The van der Waals surface area contributed by atoms with Crippen molar-refractivity contribution in [3.8, 4) is 0 Å². The smallest absolute Gasteiger partial charge is 0.0734 e. The van der Waals surface area contributed by atoms with Crippen molar-refractivity contribution in [3.63, 3.8) is 0 Å². The van der Waals surface area contributed by atoms with Crippen molar-refractivity contribution in [1.29, 1.82) is 0 Å². The monoisotopic (exact) mass is 212 g/mol. The van der Waals surface area contributed by atoms with E-state index >= 15 is 0 Å². The van der Waals surface area contributed by atoms with Crippen molar-refractivity contribution in [2.75, 3.05) is 6.54 Å². The molecule has 16 heavy (non-hydrogen) atoms. The Morgan fingerprint density at radius 2 is 2.19 bits per heavy atom. The summed E-state index contributed by atoms with van der Waals surface area (Å²) in [6, 6.07) is 11.2. The maximum atomic E-state index is 4.50. The van der Waals surface area contributed by atoms with Gasteiger partial charge in [0.15, 0.2) is 0 Å². The lowest BCUT2D eigenvalue weighted by Gasteiger charge is -2.11. The summed E-state index contributed by atoms with van der Waals surface area (Å²) < 4.78 is 0. The average molecular weight is 212 g/mol. The van der Waals surface area contributed by atoms with E-state index in [2.05, 4.69) is 34.6 Å². The molecule has 1 N–H and O–H groups in total. The van der Waals surface area contributed by atoms with Gasteiger partial charge in [0, 0.05) is 17.6 Å². The molecule has 1 unspecified atom stereocenters. The topological polar surface area (TPSA) is 24.9 Å². The van der Waals surface area contributed by atoms with Crippen molar-refractivity contribution in [2.45, 2.75) is 25.3 Å². The van der Waals surface area contributed by atoms with E-state index in [9.17, 15) is 0 Å². The number of hydrogen-bond donors (Lipinski definition) is 1. The van der Waals surface area contributed by atoms with Crippen LogP contribution in [0.3, 0.4) is 0 Å². The third-order valence-electron chi connectivity index (χ3n) is 3.34. The van der Waals surface area contributed by atoms with Gasteiger partial charge in [-0.15, -0.1) is 0 Å². The highest BCUT2D eigenvalue weighted by Gasteiger charge is 2.15. The summed E-state index contributed by atoms with van der Waals surface area (Å²) in [5, 5.41) is 4.79. The normalized spacial score (nSPS) is 20.4. The van der Waals surface area contributed by atoms with Crippen LogP contribution in [-0.4, -0.2) is 17.6 Å². The van der Waals surface area contributed by atoms with Gasteiger partial charge in [-0.25, -0.2) is 0 Å². The van der Waals surface area contributed by atoms with Crippen molar-refractivity contribution in [3.05, 3.63) is 42.1 Å². The van der Waals surface area contributed by atoms with Gasteiger partial charge in [0.25, 0.3) is 0 Å². The van der Waals surface area contributed by atoms with Crippen LogP contribution < -0.4 is 5.32 Å². The van der Waals surface area contributed by atoms with Crippen LogP contribution in [0.15, 0.2) is 36.5 Å². The molecule has 1 aliphatic heterocycles. The van der Waals surface area contributed by atoms with E-state index in [1.54, 1.807) is 0 Å². The van der Waals surface area contributed by atoms with Crippen molar-refractivity contribution in [1.82, 2.24) is 10.3 Å². The SMILES string of the molecule is c1cnc2c(CC3CCCN3)cccc2c1. The fourth-order valence-corrected chi connectivity index (χ4v) is 2.53. The average Bonchev–Trinajstić information content (AvgIpc) is 2.82. The summed E-state index contributed by atoms with van der Waals surface area (Å²) in [7, 11) is 0. The van der Waals surface area contributed by atoms with Gasteiger partial charge < -0.3 is 5.32 Å². The second-order valence-electron chi connectivity index (χ2n) is 4.49. The highest BCUT2D eigenvalue weighted by atomic mass is 14.9. The van der Waals surface area contributed by atoms with E-state index < -0.39 is 0 Å². The summed E-state index contributed by atoms with van der Waals surface area (Å²) in [5.41, 5.74) is 2.54. The number of benzene rings is 1. The van der Waals surface area contributed by atoms with Crippen LogP contribution in [0, 0.1) is 0 Å². The Morgan fingerprint density at radius 3 is 3.06 bits per heavy atom. The first-order chi connectivity index (χ1) is 7.93. The lowest BCUT2D eigenvalue weighted by Crippen LogP contribution is -2.23. The van der Waals surface area contributed by atoms with Crippen LogP contribution in [0.2, 0.25) is 0 Å². The highest BCUT2D eigenvalue weighted by Crippen LogP contribution is 2.19. The molecule has 1 saturated heterocycles. The van der Waals surface area contributed by atoms with Gasteiger partial charge in [-0.1, -0.05) is 24.3 Å². The standard InChI is InChI=1S/C14H16N2/c1-4-11-6-2-9-16-14(11)12(5-1)10-13-7-3-8-15-13/h1-2,4-6,9,13,15H,3,7-8,10H2. The first-order valence-corrected chi connectivity index (χ1v) is 5.99. The maximum absolute atomic E-state index is 4.50. The minimum absolute atomic E-state index is 0.646. The largest absolute Gasteiger partial charge is 0.314 e. The number of hydrogen-bond acceptors (Lipinski definition) is 2. The zero-order valence-electron chi connectivity index (χ0n) is 9.32. The van der Waals surface area contributed by atoms with Gasteiger partial charge in [0.1, 0.15) is 0 Å². The Labute approximate surface area is 95.7 Å². The second kappa shape index (κ2) is 4.22. The zero-order valence-corrected chi connectivity index (χ0v) is 9.32. The van der Waals surface area contributed by atoms with Gasteiger partial charge in [-0.05, 0) is 37.4 Å². The molecular weight excluding hydrogens is 196 g/mol. The molecule has 0 bridgehead atoms. The minimum Gasteiger partial charge on any atom is -0.314 e. The Bertz CT molecular complexity index is 482. The number of aromatic nitrogens is 1. The molecule has 1 aromatic heterocycles. The van der Waals surface area contributed by atoms with E-state index in [1.165, 1.54) is 35.9 Å². The van der Waals surface area contributed by atoms with E-state index in [1.807, 2.05) is 12.3 Å². The molecule has 2 heterocycles. The second-order valence-corrected chi connectivity index (χ2v) is 4.49. The number of pyridine rings is 1. The van der Waals surface area contributed by atoms with Crippen LogP contribution in [0.5, 0.6) is 0 Å². The highest BCUT2D eigenvalue weighted by molar-refractivity contribution is 5.81. The molecule has 0 saturated carbocycles. The number of nitrogens with zero attached hydrogens (tertiary/aromatic N) is 1. The van der Waals surface area contributed by atoms with Crippen molar-refractivity contribution < 1.29 is 0 Å². The predicted octanol–water partition coefficient (Wildman–Crippen LogP) is 2.53. The molecule has 0 spiro atoms. The van der Waals surface area contributed by atoms with Crippen LogP contribution in [-0.2, 0) is 6.42 Å². The summed E-state index contributed by atoms with van der Waals surface area (Å²) in [6.45, 7) is 1.17. The van der Waals surface area contributed by atoms with Gasteiger partial charge >= 0.3 is 0 Å². The minimum atomic E-state index is 0.646. The van der Waals surface area contributed by atoms with Gasteiger partial charge in [0.2, 0.25) is 0 Å². The van der Waals surface area contributed by atoms with Crippen molar-refractivity contribution in [2.24, 2.45) is 0 Å². The molecule has 1 aromatic carbocycles. The van der Waals surface area contributed by atoms with Crippen molar-refractivity contribution >= 4 is 10.9 Å². The summed E-state index contributed by atoms with van der Waals surface area (Å²) >= 11 is 0. The van der Waals surface area contributed by atoms with Crippen LogP contribution in [0.1, 0.15) is 18.4 Å². The molecule has 2 nitrogen and oxygen atoms in total. The quantitative estimate of drug-likeness (QED) is 0.827. The Kier molecular flexibility index (Phi) is 2.58. The number of fused-ring (bicyclic) bond motifs is 1. The first-order valence-electron chi connectivity index (χ1n) is 5.99. The van der Waals surface area contributed by atoms with E-state index in [0.717, 1.165) is 6.42 Å². The summed E-state index contributed by atoms with van der Waals surface area (Å²) in [5.74, 6) is 0. The molecule has 3 rings (SSSR count). The molecule has 1 atom stereocenters. The fraction of sp³-hybridized carbons (Fsp3) is 0.357. The molecule has 82 valence electrons. The van der Waals surface area contributed by atoms with Gasteiger partial charge in [-0.3, -0.25) is 4.98 Å². The molecule has 2 aromatic rings. The lowest BCUT2D eigenvalue weighted by atomic mass is 10.0. The molecule has 0 radical (unpaired) electrons. The molecule has 0 amide bonds. The number of nitrogens with one attached hydrogen (secondary N) is 1. The number of rotatable bonds is 2. The summed E-state index contributed by atoms with van der Waals surface area (Å²) in [4.78, 5) is 4.50. The Balaban J connectivity index is 1.96. The maximum Gasteiger partial charge on any atom is 0.0734 e. The van der Waals surface area contributed by atoms with Gasteiger partial charge in [0.05, 0.1) is 5.52 Å². The third kappa shape index (κ3) is 1.81. The third-order valence-corrected chi connectivity index (χ3v) is 3.34. The number of para-hydroxylation sites is 1. The van der Waals surface area contributed by atoms with E-state index in [-0.39, 0.29) is 0 Å². The Morgan fingerprint density at radius 1 is 1.25 bits per heavy atom. The van der Waals surface area contributed by atoms with Crippen LogP contribution in [0.25, 0.3) is 10.9 Å². The Hall–Kier alpha value is -1.41. The van der Waals surface area contributed by atoms with Crippen LogP contribution >= 0.6 is 0 Å². The molecular formula is C14H16N2. The molecule has 0 aliphatic carbocycles. The summed E-state index contributed by atoms with van der Waals surface area (Å²) in [6.07, 6.45) is 5.59. The van der Waals surface area contributed by atoms with E-state index in [4.69, 9.17) is 0 Å². The van der Waals surface area contributed by atoms with Gasteiger partial charge in [-0.2, -0.15) is 0 Å². The molecule has 1 aliphatic rings. The predicted molar refractivity (Wildman–Crippen MR) is 66.5 cm³/mol. The lowest BCUT2D eigenvalue weighted by molar-refractivity contribution is 0.604. The molecule has 2 heteroatoms. The van der Waals surface area contributed by atoms with E-state index in [0.29, 0.717) is 6.04 Å². The fourth-order valence-electron chi connectivity index (χ4n) is 2.53.